The van der Waals surface area contributed by atoms with Crippen LogP contribution in [0.5, 0.6) is 0 Å². The Balaban J connectivity index is 1.96. The Morgan fingerprint density at radius 2 is 1.67 bits per heavy atom. The van der Waals surface area contributed by atoms with Gasteiger partial charge in [-0.25, -0.2) is 0 Å². The van der Waals surface area contributed by atoms with Crippen LogP contribution in [0.1, 0.15) is 44.7 Å². The Hall–Kier alpha value is -0.860. The van der Waals surface area contributed by atoms with E-state index in [1.165, 1.54) is 11.1 Å². The fourth-order valence-electron chi connectivity index (χ4n) is 2.84. The van der Waals surface area contributed by atoms with Crippen molar-refractivity contribution in [3.63, 3.8) is 0 Å². The first-order chi connectivity index (χ1) is 8.54. The molecule has 1 heterocycles. The lowest BCUT2D eigenvalue weighted by Gasteiger charge is -2.36. The van der Waals surface area contributed by atoms with Crippen LogP contribution in [0.3, 0.4) is 0 Å². The number of rotatable bonds is 3. The molecule has 0 bridgehead atoms. The standard InChI is InChI=1S/C16H26N2/c1-12(2)16-7-5-15(6-8-16)11-18-9-13(3)17-14(4)10-18/h5-8,12-14,17H,9-11H2,1-4H3. The molecule has 2 atom stereocenters. The van der Waals surface area contributed by atoms with Crippen LogP contribution in [0.4, 0.5) is 0 Å². The summed E-state index contributed by atoms with van der Waals surface area (Å²) in [6.07, 6.45) is 0. The van der Waals surface area contributed by atoms with E-state index >= 15 is 0 Å². The third-order valence-corrected chi connectivity index (χ3v) is 3.69. The molecule has 1 fully saturated rings. The molecule has 18 heavy (non-hydrogen) atoms. The summed E-state index contributed by atoms with van der Waals surface area (Å²) in [5.41, 5.74) is 2.86. The van der Waals surface area contributed by atoms with Crippen molar-refractivity contribution in [3.05, 3.63) is 35.4 Å². The highest BCUT2D eigenvalue weighted by atomic mass is 15.2. The summed E-state index contributed by atoms with van der Waals surface area (Å²) in [5.74, 6) is 0.623. The first-order valence-electron chi connectivity index (χ1n) is 7.12. The molecule has 1 N–H and O–H groups in total. The zero-order valence-corrected chi connectivity index (χ0v) is 12.1. The van der Waals surface area contributed by atoms with E-state index in [2.05, 4.69) is 62.2 Å². The summed E-state index contributed by atoms with van der Waals surface area (Å²) < 4.78 is 0. The van der Waals surface area contributed by atoms with Crippen molar-refractivity contribution in [2.75, 3.05) is 13.1 Å². The normalized spacial score (nSPS) is 25.6. The molecule has 1 saturated heterocycles. The average molecular weight is 246 g/mol. The van der Waals surface area contributed by atoms with Crippen LogP contribution in [0.2, 0.25) is 0 Å². The maximum Gasteiger partial charge on any atom is 0.0235 e. The molecule has 1 aliphatic heterocycles. The minimum atomic E-state index is 0.601. The Morgan fingerprint density at radius 1 is 1.11 bits per heavy atom. The highest BCUT2D eigenvalue weighted by Gasteiger charge is 2.20. The van der Waals surface area contributed by atoms with Crippen LogP contribution in [-0.4, -0.2) is 30.1 Å². The van der Waals surface area contributed by atoms with Crippen molar-refractivity contribution in [2.24, 2.45) is 0 Å². The first kappa shape index (κ1) is 13.6. The smallest absolute Gasteiger partial charge is 0.0235 e. The lowest BCUT2D eigenvalue weighted by atomic mass is 10.0. The number of nitrogens with one attached hydrogen (secondary N) is 1. The molecule has 2 unspecified atom stereocenters. The van der Waals surface area contributed by atoms with Crippen molar-refractivity contribution in [2.45, 2.75) is 52.2 Å². The Bertz CT molecular complexity index is 359. The van der Waals surface area contributed by atoms with Gasteiger partial charge >= 0.3 is 0 Å². The summed E-state index contributed by atoms with van der Waals surface area (Å²) in [6.45, 7) is 12.4. The Labute approximate surface area is 111 Å². The van der Waals surface area contributed by atoms with Gasteiger partial charge in [0.05, 0.1) is 0 Å². The summed E-state index contributed by atoms with van der Waals surface area (Å²) >= 11 is 0. The molecule has 2 nitrogen and oxygen atoms in total. The third-order valence-electron chi connectivity index (χ3n) is 3.69. The maximum atomic E-state index is 3.58. The number of hydrogen-bond acceptors (Lipinski definition) is 2. The largest absolute Gasteiger partial charge is 0.309 e. The number of nitrogens with zero attached hydrogens (tertiary/aromatic N) is 1. The van der Waals surface area contributed by atoms with Crippen molar-refractivity contribution < 1.29 is 0 Å². The second-order valence-electron chi connectivity index (χ2n) is 6.06. The fourth-order valence-corrected chi connectivity index (χ4v) is 2.84. The summed E-state index contributed by atoms with van der Waals surface area (Å²) in [7, 11) is 0. The van der Waals surface area contributed by atoms with E-state index in [1.54, 1.807) is 0 Å². The minimum Gasteiger partial charge on any atom is -0.309 e. The van der Waals surface area contributed by atoms with Gasteiger partial charge in [0.15, 0.2) is 0 Å². The van der Waals surface area contributed by atoms with E-state index in [0.29, 0.717) is 18.0 Å². The van der Waals surface area contributed by atoms with Gasteiger partial charge in [0, 0.05) is 31.7 Å². The zero-order chi connectivity index (χ0) is 13.1. The van der Waals surface area contributed by atoms with Crippen LogP contribution in [-0.2, 0) is 6.54 Å². The van der Waals surface area contributed by atoms with Gasteiger partial charge in [-0.15, -0.1) is 0 Å². The summed E-state index contributed by atoms with van der Waals surface area (Å²) in [4.78, 5) is 2.55. The van der Waals surface area contributed by atoms with Crippen LogP contribution in [0, 0.1) is 0 Å². The lowest BCUT2D eigenvalue weighted by molar-refractivity contribution is 0.166. The molecule has 0 aliphatic carbocycles. The van der Waals surface area contributed by atoms with Crippen molar-refractivity contribution in [1.82, 2.24) is 10.2 Å². The van der Waals surface area contributed by atoms with Gasteiger partial charge in [-0.05, 0) is 30.9 Å². The van der Waals surface area contributed by atoms with Crippen LogP contribution in [0.15, 0.2) is 24.3 Å². The molecular formula is C16H26N2. The van der Waals surface area contributed by atoms with Gasteiger partial charge in [0.1, 0.15) is 0 Å². The quantitative estimate of drug-likeness (QED) is 0.882. The predicted molar refractivity (Wildman–Crippen MR) is 77.9 cm³/mol. The van der Waals surface area contributed by atoms with Gasteiger partial charge in [-0.2, -0.15) is 0 Å². The molecular weight excluding hydrogens is 220 g/mol. The minimum absolute atomic E-state index is 0.601. The number of piperazine rings is 1. The van der Waals surface area contributed by atoms with E-state index in [1.807, 2.05) is 0 Å². The van der Waals surface area contributed by atoms with E-state index in [4.69, 9.17) is 0 Å². The second kappa shape index (κ2) is 5.85. The van der Waals surface area contributed by atoms with Crippen LogP contribution in [0.25, 0.3) is 0 Å². The highest BCUT2D eigenvalue weighted by Crippen LogP contribution is 2.16. The van der Waals surface area contributed by atoms with Crippen molar-refractivity contribution in [3.8, 4) is 0 Å². The highest BCUT2D eigenvalue weighted by molar-refractivity contribution is 5.24. The van der Waals surface area contributed by atoms with E-state index in [9.17, 15) is 0 Å². The van der Waals surface area contributed by atoms with Crippen molar-refractivity contribution >= 4 is 0 Å². The molecule has 0 spiro atoms. The van der Waals surface area contributed by atoms with Crippen molar-refractivity contribution in [1.29, 1.82) is 0 Å². The molecule has 1 aromatic carbocycles. The van der Waals surface area contributed by atoms with Crippen LogP contribution >= 0.6 is 0 Å². The molecule has 0 radical (unpaired) electrons. The molecule has 1 aromatic rings. The Morgan fingerprint density at radius 3 is 2.17 bits per heavy atom. The van der Waals surface area contributed by atoms with Gasteiger partial charge in [-0.3, -0.25) is 4.90 Å². The first-order valence-corrected chi connectivity index (χ1v) is 7.12. The number of benzene rings is 1. The molecule has 0 amide bonds. The second-order valence-corrected chi connectivity index (χ2v) is 6.06. The zero-order valence-electron chi connectivity index (χ0n) is 12.1. The topological polar surface area (TPSA) is 15.3 Å². The third kappa shape index (κ3) is 3.56. The van der Waals surface area contributed by atoms with E-state index in [0.717, 1.165) is 19.6 Å². The van der Waals surface area contributed by atoms with Crippen LogP contribution < -0.4 is 5.32 Å². The molecule has 2 rings (SSSR count). The molecule has 2 heteroatoms. The Kier molecular flexibility index (Phi) is 4.41. The van der Waals surface area contributed by atoms with Gasteiger partial charge < -0.3 is 5.32 Å². The summed E-state index contributed by atoms with van der Waals surface area (Å²) in [6, 6.07) is 10.3. The molecule has 1 aliphatic rings. The monoisotopic (exact) mass is 246 g/mol. The van der Waals surface area contributed by atoms with E-state index in [-0.39, 0.29) is 0 Å². The SMILES string of the molecule is CC1CN(Cc2ccc(C(C)C)cc2)CC(C)N1. The number of hydrogen-bond donors (Lipinski definition) is 1. The molecule has 0 saturated carbocycles. The summed E-state index contributed by atoms with van der Waals surface area (Å²) in [5, 5.41) is 3.58. The maximum absolute atomic E-state index is 3.58. The fraction of sp³-hybridized carbons (Fsp3) is 0.625. The molecule has 0 aromatic heterocycles. The average Bonchev–Trinajstić information content (AvgIpc) is 2.28. The predicted octanol–water partition coefficient (Wildman–Crippen LogP) is 2.99. The van der Waals surface area contributed by atoms with E-state index < -0.39 is 0 Å². The molecule has 100 valence electrons. The van der Waals surface area contributed by atoms with Gasteiger partial charge in [0.25, 0.3) is 0 Å². The lowest BCUT2D eigenvalue weighted by Crippen LogP contribution is -2.53. The van der Waals surface area contributed by atoms with Gasteiger partial charge in [-0.1, -0.05) is 38.1 Å². The van der Waals surface area contributed by atoms with Gasteiger partial charge in [0.2, 0.25) is 0 Å².